The highest BCUT2D eigenvalue weighted by atomic mass is 16.5. The molecule has 0 saturated carbocycles. The van der Waals surface area contributed by atoms with Crippen molar-refractivity contribution in [3.63, 3.8) is 0 Å². The summed E-state index contributed by atoms with van der Waals surface area (Å²) in [6.45, 7) is 0.711. The number of methoxy groups -OCH3 is 1. The Morgan fingerprint density at radius 2 is 1.89 bits per heavy atom. The molecule has 140 valence electrons. The number of pyridine rings is 1. The van der Waals surface area contributed by atoms with Gasteiger partial charge < -0.3 is 19.8 Å². The van der Waals surface area contributed by atoms with Crippen LogP contribution >= 0.6 is 0 Å². The van der Waals surface area contributed by atoms with E-state index in [-0.39, 0.29) is 17.9 Å². The number of benzene rings is 2. The van der Waals surface area contributed by atoms with Gasteiger partial charge in [0.15, 0.2) is 0 Å². The fourth-order valence-electron chi connectivity index (χ4n) is 2.74. The maximum absolute atomic E-state index is 12.2. The van der Waals surface area contributed by atoms with Crippen molar-refractivity contribution < 1.29 is 14.3 Å². The van der Waals surface area contributed by atoms with E-state index in [4.69, 9.17) is 9.47 Å². The zero-order valence-electron chi connectivity index (χ0n) is 15.2. The molecule has 27 heavy (non-hydrogen) atoms. The van der Waals surface area contributed by atoms with E-state index in [9.17, 15) is 9.59 Å². The van der Waals surface area contributed by atoms with Gasteiger partial charge in [0.25, 0.3) is 5.56 Å². The highest BCUT2D eigenvalue weighted by Crippen LogP contribution is 2.18. The summed E-state index contributed by atoms with van der Waals surface area (Å²) in [4.78, 5) is 27.0. The number of hydrogen-bond donors (Lipinski definition) is 2. The highest BCUT2D eigenvalue weighted by Gasteiger charge is 2.06. The summed E-state index contributed by atoms with van der Waals surface area (Å²) in [5.74, 6) is 1.33. The zero-order chi connectivity index (χ0) is 19.1. The number of aromatic amines is 1. The van der Waals surface area contributed by atoms with Crippen LogP contribution in [0.15, 0.2) is 59.4 Å². The Hall–Kier alpha value is -3.28. The number of para-hydroxylation sites is 1. The Morgan fingerprint density at radius 1 is 1.07 bits per heavy atom. The number of rotatable bonds is 8. The lowest BCUT2D eigenvalue weighted by atomic mass is 10.1. The first kappa shape index (κ1) is 18.5. The first-order chi connectivity index (χ1) is 13.2. The van der Waals surface area contributed by atoms with Crippen LogP contribution in [0.1, 0.15) is 12.0 Å². The molecule has 1 aromatic heterocycles. The van der Waals surface area contributed by atoms with Gasteiger partial charge in [-0.1, -0.05) is 18.2 Å². The summed E-state index contributed by atoms with van der Waals surface area (Å²) in [6, 6.07) is 16.7. The number of carbonyl (C=O) groups is 1. The maximum atomic E-state index is 12.2. The van der Waals surface area contributed by atoms with Crippen LogP contribution in [-0.2, 0) is 11.2 Å². The SMILES string of the molecule is COc1ccc2cc(CCNC(=O)CCOc3ccccc3)c(=O)[nH]c2c1. The lowest BCUT2D eigenvalue weighted by Gasteiger charge is -2.08. The number of fused-ring (bicyclic) bond motifs is 1. The van der Waals surface area contributed by atoms with Crippen molar-refractivity contribution in [3.05, 3.63) is 70.5 Å². The minimum atomic E-state index is -0.155. The van der Waals surface area contributed by atoms with E-state index in [0.717, 1.165) is 16.7 Å². The second-order valence-electron chi connectivity index (χ2n) is 6.09. The standard InChI is InChI=1S/C21H22N2O4/c1-26-18-8-7-15-13-16(21(25)23-19(15)14-18)9-11-22-20(24)10-12-27-17-5-3-2-4-6-17/h2-8,13-14H,9-12H2,1H3,(H,22,24)(H,23,25). The fourth-order valence-corrected chi connectivity index (χ4v) is 2.74. The van der Waals surface area contributed by atoms with Gasteiger partial charge in [-0.05, 0) is 42.1 Å². The lowest BCUT2D eigenvalue weighted by Crippen LogP contribution is -2.28. The summed E-state index contributed by atoms with van der Waals surface area (Å²) >= 11 is 0. The molecule has 6 heteroatoms. The Morgan fingerprint density at radius 3 is 2.67 bits per heavy atom. The van der Waals surface area contributed by atoms with Gasteiger partial charge in [-0.2, -0.15) is 0 Å². The van der Waals surface area contributed by atoms with Crippen LogP contribution in [0, 0.1) is 0 Å². The molecule has 6 nitrogen and oxygen atoms in total. The van der Waals surface area contributed by atoms with E-state index in [1.807, 2.05) is 48.5 Å². The highest BCUT2D eigenvalue weighted by molar-refractivity contribution is 5.80. The van der Waals surface area contributed by atoms with E-state index < -0.39 is 0 Å². The summed E-state index contributed by atoms with van der Waals surface area (Å²) in [5, 5.41) is 3.74. The van der Waals surface area contributed by atoms with Gasteiger partial charge in [0.2, 0.25) is 5.91 Å². The summed E-state index contributed by atoms with van der Waals surface area (Å²) < 4.78 is 10.7. The van der Waals surface area contributed by atoms with Gasteiger partial charge in [0.1, 0.15) is 11.5 Å². The molecule has 0 aliphatic rings. The van der Waals surface area contributed by atoms with Crippen molar-refractivity contribution in [3.8, 4) is 11.5 Å². The average Bonchev–Trinajstić information content (AvgIpc) is 2.69. The van der Waals surface area contributed by atoms with Crippen LogP contribution in [-0.4, -0.2) is 31.2 Å². The quantitative estimate of drug-likeness (QED) is 0.642. The molecule has 0 saturated heterocycles. The van der Waals surface area contributed by atoms with Crippen LogP contribution in [0.2, 0.25) is 0 Å². The molecule has 0 atom stereocenters. The van der Waals surface area contributed by atoms with E-state index in [2.05, 4.69) is 10.3 Å². The van der Waals surface area contributed by atoms with Crippen molar-refractivity contribution in [2.45, 2.75) is 12.8 Å². The molecular weight excluding hydrogens is 344 g/mol. The molecule has 0 fully saturated rings. The van der Waals surface area contributed by atoms with Gasteiger partial charge in [-0.25, -0.2) is 0 Å². The predicted octanol–water partition coefficient (Wildman–Crippen LogP) is 2.66. The van der Waals surface area contributed by atoms with Crippen molar-refractivity contribution >= 4 is 16.8 Å². The molecule has 0 aliphatic heterocycles. The van der Waals surface area contributed by atoms with Gasteiger partial charge in [0.05, 0.1) is 25.7 Å². The van der Waals surface area contributed by atoms with Crippen LogP contribution in [0.4, 0.5) is 0 Å². The molecule has 0 bridgehead atoms. The van der Waals surface area contributed by atoms with E-state index in [1.165, 1.54) is 0 Å². The minimum Gasteiger partial charge on any atom is -0.497 e. The minimum absolute atomic E-state index is 0.104. The third-order valence-electron chi connectivity index (χ3n) is 4.19. The fraction of sp³-hybridized carbons (Fsp3) is 0.238. The number of hydrogen-bond acceptors (Lipinski definition) is 4. The van der Waals surface area contributed by atoms with E-state index in [0.29, 0.717) is 30.9 Å². The summed E-state index contributed by atoms with van der Waals surface area (Å²) in [5.41, 5.74) is 1.20. The van der Waals surface area contributed by atoms with Crippen molar-refractivity contribution in [1.29, 1.82) is 0 Å². The molecule has 0 radical (unpaired) electrons. The first-order valence-electron chi connectivity index (χ1n) is 8.80. The molecule has 0 unspecified atom stereocenters. The Labute approximate surface area is 157 Å². The van der Waals surface area contributed by atoms with Crippen LogP contribution in [0.5, 0.6) is 11.5 Å². The molecule has 0 spiro atoms. The third kappa shape index (κ3) is 5.10. The molecule has 1 heterocycles. The summed E-state index contributed by atoms with van der Waals surface area (Å²) in [7, 11) is 1.58. The average molecular weight is 366 g/mol. The first-order valence-corrected chi connectivity index (χ1v) is 8.80. The van der Waals surface area contributed by atoms with Crippen molar-refractivity contribution in [2.75, 3.05) is 20.3 Å². The smallest absolute Gasteiger partial charge is 0.251 e. The van der Waals surface area contributed by atoms with Crippen LogP contribution in [0.25, 0.3) is 10.9 Å². The Kier molecular flexibility index (Phi) is 6.10. The number of H-pyrrole nitrogens is 1. The van der Waals surface area contributed by atoms with Crippen molar-refractivity contribution in [2.24, 2.45) is 0 Å². The monoisotopic (exact) mass is 366 g/mol. The topological polar surface area (TPSA) is 80.4 Å². The van der Waals surface area contributed by atoms with E-state index >= 15 is 0 Å². The molecule has 3 rings (SSSR count). The number of carbonyl (C=O) groups excluding carboxylic acids is 1. The number of ether oxygens (including phenoxy) is 2. The number of nitrogens with one attached hydrogen (secondary N) is 2. The number of aromatic nitrogens is 1. The molecule has 1 amide bonds. The maximum Gasteiger partial charge on any atom is 0.251 e. The number of amides is 1. The van der Waals surface area contributed by atoms with Gasteiger partial charge >= 0.3 is 0 Å². The predicted molar refractivity (Wildman–Crippen MR) is 104 cm³/mol. The molecule has 3 aromatic rings. The van der Waals surface area contributed by atoms with Crippen molar-refractivity contribution in [1.82, 2.24) is 10.3 Å². The second kappa shape index (κ2) is 8.89. The summed E-state index contributed by atoms with van der Waals surface area (Å²) in [6.07, 6.45) is 0.728. The normalized spacial score (nSPS) is 10.6. The molecule has 0 aliphatic carbocycles. The molecule has 2 N–H and O–H groups in total. The lowest BCUT2D eigenvalue weighted by molar-refractivity contribution is -0.121. The zero-order valence-corrected chi connectivity index (χ0v) is 15.2. The Bertz CT molecular complexity index is 967. The van der Waals surface area contributed by atoms with Crippen LogP contribution < -0.4 is 20.3 Å². The van der Waals surface area contributed by atoms with Gasteiger partial charge in [-0.3, -0.25) is 9.59 Å². The second-order valence-corrected chi connectivity index (χ2v) is 6.09. The van der Waals surface area contributed by atoms with E-state index in [1.54, 1.807) is 13.2 Å². The largest absolute Gasteiger partial charge is 0.497 e. The molecule has 2 aromatic carbocycles. The molecular formula is C21H22N2O4. The van der Waals surface area contributed by atoms with Gasteiger partial charge in [0, 0.05) is 18.2 Å². The van der Waals surface area contributed by atoms with Gasteiger partial charge in [-0.15, -0.1) is 0 Å². The third-order valence-corrected chi connectivity index (χ3v) is 4.19. The van der Waals surface area contributed by atoms with Crippen LogP contribution in [0.3, 0.4) is 0 Å². The Balaban J connectivity index is 1.49.